The lowest BCUT2D eigenvalue weighted by Gasteiger charge is -2.25. The van der Waals surface area contributed by atoms with Gasteiger partial charge in [0.05, 0.1) is 16.6 Å². The number of alkyl halides is 3. The molecule has 3 nitrogen and oxygen atoms in total. The summed E-state index contributed by atoms with van der Waals surface area (Å²) in [5.41, 5.74) is -2.72. The summed E-state index contributed by atoms with van der Waals surface area (Å²) in [6.07, 6.45) is -5.30. The number of benzene rings is 1. The van der Waals surface area contributed by atoms with E-state index in [0.717, 1.165) is 4.90 Å². The molecule has 1 N–H and O–H groups in total. The van der Waals surface area contributed by atoms with Crippen LogP contribution in [0.3, 0.4) is 0 Å². The summed E-state index contributed by atoms with van der Waals surface area (Å²) < 4.78 is 38.0. The third-order valence-corrected chi connectivity index (χ3v) is 3.97. The number of hydrogen-bond acceptors (Lipinski definition) is 2. The van der Waals surface area contributed by atoms with Gasteiger partial charge in [-0.15, -0.1) is 0 Å². The van der Waals surface area contributed by atoms with Crippen LogP contribution in [0.4, 0.5) is 13.2 Å². The summed E-state index contributed by atoms with van der Waals surface area (Å²) >= 11 is 11.5. The number of halogens is 5. The van der Waals surface area contributed by atoms with E-state index in [2.05, 4.69) is 0 Å². The molecule has 1 amide bonds. The Balaban J connectivity index is 2.18. The highest BCUT2D eigenvalue weighted by atomic mass is 35.5. The Labute approximate surface area is 122 Å². The van der Waals surface area contributed by atoms with Gasteiger partial charge in [0.15, 0.2) is 5.60 Å². The second kappa shape index (κ2) is 5.09. The van der Waals surface area contributed by atoms with Crippen molar-refractivity contribution in [2.45, 2.75) is 18.2 Å². The minimum absolute atomic E-state index is 0.130. The van der Waals surface area contributed by atoms with Gasteiger partial charge in [0, 0.05) is 18.5 Å². The molecule has 1 aliphatic heterocycles. The van der Waals surface area contributed by atoms with Crippen LogP contribution in [0.2, 0.25) is 10.0 Å². The van der Waals surface area contributed by atoms with E-state index < -0.39 is 30.7 Å². The lowest BCUT2D eigenvalue weighted by Crippen LogP contribution is -2.48. The first-order valence-corrected chi connectivity index (χ1v) is 6.43. The van der Waals surface area contributed by atoms with E-state index >= 15 is 0 Å². The van der Waals surface area contributed by atoms with Gasteiger partial charge >= 0.3 is 6.18 Å². The lowest BCUT2D eigenvalue weighted by atomic mass is 10.0. The molecule has 1 unspecified atom stereocenters. The molecule has 1 saturated heterocycles. The highest BCUT2D eigenvalue weighted by Gasteiger charge is 2.57. The van der Waals surface area contributed by atoms with E-state index in [4.69, 9.17) is 23.2 Å². The second-order valence-electron chi connectivity index (χ2n) is 4.63. The van der Waals surface area contributed by atoms with Crippen molar-refractivity contribution < 1.29 is 23.1 Å². The van der Waals surface area contributed by atoms with Crippen LogP contribution in [-0.4, -0.2) is 40.8 Å². The zero-order valence-corrected chi connectivity index (χ0v) is 11.6. The predicted molar refractivity (Wildman–Crippen MR) is 68.0 cm³/mol. The summed E-state index contributed by atoms with van der Waals surface area (Å²) in [5, 5.41) is 9.91. The normalized spacial score (nSPS) is 23.2. The molecule has 1 atom stereocenters. The van der Waals surface area contributed by atoms with E-state index in [9.17, 15) is 23.1 Å². The van der Waals surface area contributed by atoms with E-state index in [1.54, 1.807) is 0 Å². The van der Waals surface area contributed by atoms with Crippen molar-refractivity contribution in [1.82, 2.24) is 4.90 Å². The summed E-state index contributed by atoms with van der Waals surface area (Å²) in [4.78, 5) is 13.0. The van der Waals surface area contributed by atoms with Crippen LogP contribution in [0.25, 0.3) is 0 Å². The molecule has 1 fully saturated rings. The summed E-state index contributed by atoms with van der Waals surface area (Å²) in [6, 6.07) is 4.06. The van der Waals surface area contributed by atoms with Gasteiger partial charge in [-0.25, -0.2) is 0 Å². The molecule has 0 saturated carbocycles. The molecular weight excluding hydrogens is 318 g/mol. The number of amides is 1. The Kier molecular flexibility index (Phi) is 3.92. The summed E-state index contributed by atoms with van der Waals surface area (Å²) in [7, 11) is 0. The fourth-order valence-electron chi connectivity index (χ4n) is 2.01. The molecule has 8 heteroatoms. The quantitative estimate of drug-likeness (QED) is 0.860. The van der Waals surface area contributed by atoms with Crippen LogP contribution in [0, 0.1) is 0 Å². The zero-order chi connectivity index (χ0) is 15.1. The van der Waals surface area contributed by atoms with Gasteiger partial charge < -0.3 is 10.0 Å². The lowest BCUT2D eigenvalue weighted by molar-refractivity contribution is -0.253. The molecule has 0 aromatic heterocycles. The summed E-state index contributed by atoms with van der Waals surface area (Å²) in [5.74, 6) is -0.622. The van der Waals surface area contributed by atoms with Crippen LogP contribution in [-0.2, 0) is 0 Å². The molecular formula is C12H10Cl2F3NO2. The third kappa shape index (κ3) is 2.73. The Morgan fingerprint density at radius 1 is 1.30 bits per heavy atom. The van der Waals surface area contributed by atoms with Crippen molar-refractivity contribution in [3.05, 3.63) is 33.8 Å². The first-order chi connectivity index (χ1) is 9.14. The van der Waals surface area contributed by atoms with Crippen molar-refractivity contribution in [3.63, 3.8) is 0 Å². The number of carbonyl (C=O) groups is 1. The monoisotopic (exact) mass is 327 g/mol. The molecule has 110 valence electrons. The Bertz CT molecular complexity index is 550. The second-order valence-corrected chi connectivity index (χ2v) is 5.45. The summed E-state index contributed by atoms with van der Waals surface area (Å²) in [6.45, 7) is -0.954. The SMILES string of the molecule is O=C(c1ccc(Cl)c(Cl)c1)N1CCC(O)(C(F)(F)F)C1. The number of aliphatic hydroxyl groups is 1. The maximum absolute atomic E-state index is 12.7. The maximum atomic E-state index is 12.7. The molecule has 0 spiro atoms. The fourth-order valence-corrected chi connectivity index (χ4v) is 2.31. The van der Waals surface area contributed by atoms with Crippen molar-refractivity contribution in [2.75, 3.05) is 13.1 Å². The smallest absolute Gasteiger partial charge is 0.379 e. The van der Waals surface area contributed by atoms with Gasteiger partial charge in [0.1, 0.15) is 0 Å². The number of carbonyl (C=O) groups excluding carboxylic acids is 1. The molecule has 0 bridgehead atoms. The van der Waals surface area contributed by atoms with Gasteiger partial charge in [-0.2, -0.15) is 13.2 Å². The first-order valence-electron chi connectivity index (χ1n) is 5.67. The number of β-amino-alcohol motifs (C(OH)–C–C–N with tert-alkyl or cyclic N) is 1. The topological polar surface area (TPSA) is 40.5 Å². The van der Waals surface area contributed by atoms with Crippen molar-refractivity contribution in [2.24, 2.45) is 0 Å². The van der Waals surface area contributed by atoms with Crippen LogP contribution in [0.15, 0.2) is 18.2 Å². The average molecular weight is 328 g/mol. The molecule has 1 aromatic rings. The number of likely N-dealkylation sites (tertiary alicyclic amines) is 1. The van der Waals surface area contributed by atoms with Crippen LogP contribution in [0.5, 0.6) is 0 Å². The van der Waals surface area contributed by atoms with Crippen LogP contribution < -0.4 is 0 Å². The van der Waals surface area contributed by atoms with Gasteiger partial charge in [-0.3, -0.25) is 4.79 Å². The Morgan fingerprint density at radius 2 is 1.95 bits per heavy atom. The molecule has 1 aromatic carbocycles. The highest BCUT2D eigenvalue weighted by molar-refractivity contribution is 6.42. The Morgan fingerprint density at radius 3 is 2.45 bits per heavy atom. The van der Waals surface area contributed by atoms with Crippen LogP contribution in [0.1, 0.15) is 16.8 Å². The Hall–Kier alpha value is -0.980. The minimum atomic E-state index is -4.76. The molecule has 0 aliphatic carbocycles. The van der Waals surface area contributed by atoms with Gasteiger partial charge in [-0.05, 0) is 18.2 Å². The van der Waals surface area contributed by atoms with E-state index in [-0.39, 0.29) is 22.2 Å². The molecule has 2 rings (SSSR count). The minimum Gasteiger partial charge on any atom is -0.379 e. The molecule has 1 aliphatic rings. The predicted octanol–water partition coefficient (Wildman–Crippen LogP) is 3.13. The van der Waals surface area contributed by atoms with Gasteiger partial charge in [0.2, 0.25) is 0 Å². The number of nitrogens with zero attached hydrogens (tertiary/aromatic N) is 1. The van der Waals surface area contributed by atoms with Crippen molar-refractivity contribution >= 4 is 29.1 Å². The maximum Gasteiger partial charge on any atom is 0.419 e. The molecule has 20 heavy (non-hydrogen) atoms. The van der Waals surface area contributed by atoms with Crippen LogP contribution >= 0.6 is 23.2 Å². The third-order valence-electron chi connectivity index (χ3n) is 3.23. The first kappa shape index (κ1) is 15.4. The number of rotatable bonds is 1. The van der Waals surface area contributed by atoms with E-state index in [1.807, 2.05) is 0 Å². The number of hydrogen-bond donors (Lipinski definition) is 1. The van der Waals surface area contributed by atoms with E-state index in [1.165, 1.54) is 18.2 Å². The average Bonchev–Trinajstić information content (AvgIpc) is 2.75. The fraction of sp³-hybridized carbons (Fsp3) is 0.417. The zero-order valence-electron chi connectivity index (χ0n) is 10.0. The van der Waals surface area contributed by atoms with Crippen molar-refractivity contribution in [3.8, 4) is 0 Å². The largest absolute Gasteiger partial charge is 0.419 e. The highest BCUT2D eigenvalue weighted by Crippen LogP contribution is 2.38. The standard InChI is InChI=1S/C12H10Cl2F3NO2/c13-8-2-1-7(5-9(8)14)10(19)18-4-3-11(20,6-18)12(15,16)17/h1-2,5,20H,3-4,6H2. The molecule has 0 radical (unpaired) electrons. The van der Waals surface area contributed by atoms with E-state index in [0.29, 0.717) is 0 Å². The molecule has 1 heterocycles. The van der Waals surface area contributed by atoms with Crippen molar-refractivity contribution in [1.29, 1.82) is 0 Å². The van der Waals surface area contributed by atoms with Gasteiger partial charge in [-0.1, -0.05) is 23.2 Å². The van der Waals surface area contributed by atoms with Gasteiger partial charge in [0.25, 0.3) is 5.91 Å².